The molecule has 0 bridgehead atoms. The Balaban J connectivity index is 0.00000147. The molecule has 0 radical (unpaired) electrons. The van der Waals surface area contributed by atoms with Crippen LogP contribution in [0.2, 0.25) is 0 Å². The number of aromatic nitrogens is 2. The van der Waals surface area contributed by atoms with Gasteiger partial charge in [-0.1, -0.05) is 6.92 Å². The number of fused-ring (bicyclic) bond motifs is 1. The third-order valence-corrected chi connectivity index (χ3v) is 3.91. The quantitative estimate of drug-likeness (QED) is 0.788. The highest BCUT2D eigenvalue weighted by Gasteiger charge is 2.27. The van der Waals surface area contributed by atoms with Crippen LogP contribution in [-0.2, 0) is 0 Å². The van der Waals surface area contributed by atoms with Gasteiger partial charge in [0, 0.05) is 25.6 Å². The molecule has 0 aromatic carbocycles. The summed E-state index contributed by atoms with van der Waals surface area (Å²) in [6.07, 6.45) is 8.48. The van der Waals surface area contributed by atoms with Crippen LogP contribution in [0.15, 0.2) is 5.70 Å². The molecule has 5 heteroatoms. The smallest absolute Gasteiger partial charge is 0.203 e. The van der Waals surface area contributed by atoms with Crippen molar-refractivity contribution in [1.82, 2.24) is 9.97 Å². The molecule has 110 valence electrons. The summed E-state index contributed by atoms with van der Waals surface area (Å²) < 4.78 is 0. The lowest BCUT2D eigenvalue weighted by Crippen LogP contribution is -3.00. The second-order valence-corrected chi connectivity index (χ2v) is 5.55. The number of rotatable bonds is 3. The Morgan fingerprint density at radius 2 is 1.95 bits per heavy atom. The molecule has 4 nitrogen and oxygen atoms in total. The van der Waals surface area contributed by atoms with Crippen molar-refractivity contribution in [2.24, 2.45) is 0 Å². The monoisotopic (exact) mass is 294 g/mol. The van der Waals surface area contributed by atoms with Crippen molar-refractivity contribution >= 4 is 17.6 Å². The lowest BCUT2D eigenvalue weighted by molar-refractivity contribution is -0.514. The molecule has 1 saturated heterocycles. The van der Waals surface area contributed by atoms with Crippen LogP contribution in [-0.4, -0.2) is 23.1 Å². The van der Waals surface area contributed by atoms with Crippen LogP contribution >= 0.6 is 0 Å². The molecule has 0 aliphatic carbocycles. The van der Waals surface area contributed by atoms with Gasteiger partial charge in [-0.25, -0.2) is 9.97 Å². The second kappa shape index (κ2) is 6.55. The van der Waals surface area contributed by atoms with Crippen molar-refractivity contribution in [2.45, 2.75) is 46.0 Å². The molecule has 3 heterocycles. The van der Waals surface area contributed by atoms with Gasteiger partial charge in [0.05, 0.1) is 0 Å². The molecule has 0 unspecified atom stereocenters. The normalized spacial score (nSPS) is 17.5. The molecule has 1 aromatic rings. The Labute approximate surface area is 127 Å². The SMILES string of the molecule is CCCC1=Cc2nc(C)nc(N3CCCCC3)c2[NH2+]1.[Cl-]. The summed E-state index contributed by atoms with van der Waals surface area (Å²) in [4.78, 5) is 11.8. The number of piperidine rings is 1. The molecular weight excluding hydrogens is 272 g/mol. The van der Waals surface area contributed by atoms with Crippen LogP contribution in [0.25, 0.3) is 6.08 Å². The van der Waals surface area contributed by atoms with Crippen molar-refractivity contribution in [3.05, 3.63) is 17.2 Å². The average molecular weight is 295 g/mol. The maximum absolute atomic E-state index is 4.71. The van der Waals surface area contributed by atoms with E-state index < -0.39 is 0 Å². The highest BCUT2D eigenvalue weighted by atomic mass is 35.5. The Morgan fingerprint density at radius 3 is 2.65 bits per heavy atom. The third kappa shape index (κ3) is 2.96. The Kier molecular flexibility index (Phi) is 5.00. The summed E-state index contributed by atoms with van der Waals surface area (Å²) in [5, 5.41) is 2.29. The first-order valence-corrected chi connectivity index (χ1v) is 7.47. The van der Waals surface area contributed by atoms with Crippen LogP contribution in [0.1, 0.15) is 50.5 Å². The summed E-state index contributed by atoms with van der Waals surface area (Å²) in [5.41, 5.74) is 3.77. The number of nitrogens with two attached hydrogens (primary N) is 1. The highest BCUT2D eigenvalue weighted by molar-refractivity contribution is 5.72. The van der Waals surface area contributed by atoms with Crippen molar-refractivity contribution in [3.8, 4) is 0 Å². The number of halogens is 1. The molecule has 3 rings (SSSR count). The molecule has 0 atom stereocenters. The molecule has 20 heavy (non-hydrogen) atoms. The van der Waals surface area contributed by atoms with Crippen molar-refractivity contribution in [2.75, 3.05) is 18.0 Å². The van der Waals surface area contributed by atoms with Crippen LogP contribution in [0, 0.1) is 6.92 Å². The van der Waals surface area contributed by atoms with E-state index in [4.69, 9.17) is 4.98 Å². The topological polar surface area (TPSA) is 45.6 Å². The maximum atomic E-state index is 4.71. The fourth-order valence-electron chi connectivity index (χ4n) is 3.02. The molecule has 2 aliphatic heterocycles. The molecule has 2 N–H and O–H groups in total. The second-order valence-electron chi connectivity index (χ2n) is 5.55. The molecule has 2 aliphatic rings. The van der Waals surface area contributed by atoms with Gasteiger partial charge in [-0.2, -0.15) is 0 Å². The van der Waals surface area contributed by atoms with E-state index in [2.05, 4.69) is 28.2 Å². The van der Waals surface area contributed by atoms with E-state index in [0.29, 0.717) is 0 Å². The minimum absolute atomic E-state index is 0. The number of nitrogens with zero attached hydrogens (tertiary/aromatic N) is 3. The zero-order chi connectivity index (χ0) is 13.2. The Hall–Kier alpha value is -1.13. The van der Waals surface area contributed by atoms with Gasteiger partial charge in [-0.05, 0) is 32.6 Å². The number of hydrogen-bond donors (Lipinski definition) is 1. The molecule has 0 saturated carbocycles. The van der Waals surface area contributed by atoms with Gasteiger partial charge in [0.25, 0.3) is 0 Å². The first kappa shape index (κ1) is 15.3. The zero-order valence-electron chi connectivity index (χ0n) is 12.3. The van der Waals surface area contributed by atoms with Crippen LogP contribution in [0.3, 0.4) is 0 Å². The van der Waals surface area contributed by atoms with Gasteiger partial charge < -0.3 is 17.3 Å². The number of allylic oxidation sites excluding steroid dienone is 1. The Morgan fingerprint density at radius 1 is 1.20 bits per heavy atom. The average Bonchev–Trinajstić information content (AvgIpc) is 2.81. The maximum Gasteiger partial charge on any atom is 0.203 e. The number of anilines is 1. The summed E-state index contributed by atoms with van der Waals surface area (Å²) in [5.74, 6) is 2.05. The minimum Gasteiger partial charge on any atom is -1.00 e. The number of quaternary nitrogens is 1. The lowest BCUT2D eigenvalue weighted by Gasteiger charge is -2.28. The highest BCUT2D eigenvalue weighted by Crippen LogP contribution is 2.29. The largest absolute Gasteiger partial charge is 1.00 e. The van der Waals surface area contributed by atoms with Gasteiger partial charge in [-0.15, -0.1) is 0 Å². The van der Waals surface area contributed by atoms with Crippen molar-refractivity contribution < 1.29 is 17.7 Å². The first-order chi connectivity index (χ1) is 9.28. The summed E-state index contributed by atoms with van der Waals surface area (Å²) in [7, 11) is 0. The van der Waals surface area contributed by atoms with E-state index >= 15 is 0 Å². The standard InChI is InChI=1S/C15H22N4.ClH/c1-3-7-12-10-13-14(18-12)15(17-11(2)16-13)19-8-5-4-6-9-19;/h10,18H,3-9H2,1-2H3;1H. The molecule has 0 amide bonds. The third-order valence-electron chi connectivity index (χ3n) is 3.91. The molecule has 1 aromatic heterocycles. The van der Waals surface area contributed by atoms with E-state index in [9.17, 15) is 0 Å². The van der Waals surface area contributed by atoms with Crippen molar-refractivity contribution in [3.63, 3.8) is 0 Å². The fourth-order valence-corrected chi connectivity index (χ4v) is 3.02. The summed E-state index contributed by atoms with van der Waals surface area (Å²) in [6.45, 7) is 6.50. The molecule has 1 fully saturated rings. The predicted octanol–water partition coefficient (Wildman–Crippen LogP) is -0.871. The van der Waals surface area contributed by atoms with Gasteiger partial charge in [-0.3, -0.25) is 5.32 Å². The summed E-state index contributed by atoms with van der Waals surface area (Å²) >= 11 is 0. The van der Waals surface area contributed by atoms with E-state index in [1.165, 1.54) is 37.1 Å². The van der Waals surface area contributed by atoms with Crippen LogP contribution < -0.4 is 22.6 Å². The first-order valence-electron chi connectivity index (χ1n) is 7.47. The Bertz CT molecular complexity index is 507. The predicted molar refractivity (Wildman–Crippen MR) is 77.3 cm³/mol. The lowest BCUT2D eigenvalue weighted by atomic mass is 10.1. The van der Waals surface area contributed by atoms with E-state index in [1.54, 1.807) is 0 Å². The number of hydrogen-bond acceptors (Lipinski definition) is 3. The molecule has 0 spiro atoms. The van der Waals surface area contributed by atoms with Gasteiger partial charge >= 0.3 is 0 Å². The minimum atomic E-state index is 0. The number of aryl methyl sites for hydroxylation is 1. The molecular formula is C15H23ClN4. The van der Waals surface area contributed by atoms with Crippen molar-refractivity contribution in [1.29, 1.82) is 0 Å². The van der Waals surface area contributed by atoms with Gasteiger partial charge in [0.1, 0.15) is 17.2 Å². The van der Waals surface area contributed by atoms with E-state index in [-0.39, 0.29) is 12.4 Å². The van der Waals surface area contributed by atoms with Crippen LogP contribution in [0.4, 0.5) is 11.5 Å². The summed E-state index contributed by atoms with van der Waals surface area (Å²) in [6, 6.07) is 0. The van der Waals surface area contributed by atoms with Gasteiger partial charge in [0.2, 0.25) is 5.69 Å². The fraction of sp³-hybridized carbons (Fsp3) is 0.600. The van der Waals surface area contributed by atoms with E-state index in [0.717, 1.165) is 36.8 Å². The zero-order valence-corrected chi connectivity index (χ0v) is 13.1. The van der Waals surface area contributed by atoms with Gasteiger partial charge in [0.15, 0.2) is 5.82 Å². The van der Waals surface area contributed by atoms with E-state index in [1.807, 2.05) is 6.92 Å². The van der Waals surface area contributed by atoms with Crippen LogP contribution in [0.5, 0.6) is 0 Å².